The fourth-order valence-corrected chi connectivity index (χ4v) is 11.8. The first kappa shape index (κ1) is 93.9. The lowest BCUT2D eigenvalue weighted by Gasteiger charge is -2.31. The number of rotatable bonds is 65. The standard InChI is InChI=1S/C74H109F8N3O21S/c1-8-83(9-2)68(90)72(77,78)104-74(81,82)73(79,80)103-71(75,76)66(87)25-20-34-93-36-38-95-40-42-97-44-46-99-48-50-101-52-54-102-53-51-100-49-47-98-45-43-96-41-39-94-37-35-92-33-19-22-58(86)21-13-11-17-31-84-62-29-27-57(3)55-60(62)69(4,5)64(84)23-14-10-15-24-65-70(6,7)61-56-59(107-106-105-91)28-30-63(61)85(65)32-18-12-16-26-67(88)89/h10,14-15,23-24,27-30,55-56H,8-9,11-13,16-22,25-26,31-54H2,1-7H3,(H-,88,89,91)/p+1. The molecule has 33 heteroatoms. The number of carbonyl (C=O) groups is 4. The van der Waals surface area contributed by atoms with Crippen LogP contribution >= 0.6 is 12.0 Å². The van der Waals surface area contributed by atoms with Gasteiger partial charge >= 0.3 is 36.3 Å². The maximum Gasteiger partial charge on any atom is 0.453 e. The van der Waals surface area contributed by atoms with Crippen LogP contribution in [-0.4, -0.2) is 245 Å². The number of alkyl halides is 8. The lowest BCUT2D eigenvalue weighted by atomic mass is 9.81. The average molecular weight is 1560 g/mol. The second kappa shape index (κ2) is 50.5. The molecule has 2 aromatic rings. The van der Waals surface area contributed by atoms with Crippen LogP contribution in [0, 0.1) is 6.92 Å². The highest BCUT2D eigenvalue weighted by molar-refractivity contribution is 7.94. The molecule has 4 rings (SSSR count). The van der Waals surface area contributed by atoms with Crippen LogP contribution in [0.1, 0.15) is 135 Å². The Morgan fingerprint density at radius 3 is 1.47 bits per heavy atom. The summed E-state index contributed by atoms with van der Waals surface area (Å²) >= 11 is 0.926. The number of unbranched alkanes of at least 4 members (excludes halogenated alkanes) is 4. The summed E-state index contributed by atoms with van der Waals surface area (Å²) in [6.07, 6.45) is -8.24. The number of anilines is 1. The number of fused-ring (bicyclic) bond motifs is 2. The number of aryl methyl sites for hydroxylation is 1. The number of ketones is 2. The van der Waals surface area contributed by atoms with E-state index >= 15 is 0 Å². The van der Waals surface area contributed by atoms with Gasteiger partial charge in [0.25, 0.3) is 0 Å². The van der Waals surface area contributed by atoms with Crippen LogP contribution in [0.15, 0.2) is 77.4 Å². The van der Waals surface area contributed by atoms with E-state index in [-0.39, 0.29) is 74.2 Å². The van der Waals surface area contributed by atoms with Gasteiger partial charge in [0.15, 0.2) is 5.71 Å². The number of Topliss-reactive ketones (excluding diaryl/α,β-unsaturated/α-hetero) is 2. The highest BCUT2D eigenvalue weighted by Crippen LogP contribution is 2.49. The van der Waals surface area contributed by atoms with E-state index in [1.807, 2.05) is 18.2 Å². The third kappa shape index (κ3) is 34.0. The highest BCUT2D eigenvalue weighted by Gasteiger charge is 2.69. The van der Waals surface area contributed by atoms with Gasteiger partial charge in [0, 0.05) is 104 Å². The molecule has 1 amide bonds. The zero-order valence-corrected chi connectivity index (χ0v) is 63.5. The number of hydrogen-bond donors (Lipinski definition) is 2. The summed E-state index contributed by atoms with van der Waals surface area (Å²) in [5.74, 6) is -5.33. The van der Waals surface area contributed by atoms with Gasteiger partial charge < -0.3 is 67.0 Å². The molecule has 2 aliphatic rings. The fraction of sp³-hybridized carbons (Fsp3) is 0.689. The molecule has 0 fully saturated rings. The minimum atomic E-state index is -6.46. The van der Waals surface area contributed by atoms with Crippen molar-refractivity contribution in [3.8, 4) is 0 Å². The van der Waals surface area contributed by atoms with Crippen molar-refractivity contribution in [2.75, 3.05) is 176 Å². The maximum absolute atomic E-state index is 14.0. The number of ether oxygens (including phenoxy) is 13. The van der Waals surface area contributed by atoms with Gasteiger partial charge in [-0.2, -0.15) is 39.7 Å². The first-order valence-electron chi connectivity index (χ1n) is 36.3. The summed E-state index contributed by atoms with van der Waals surface area (Å²) in [5, 5.41) is 21.8. The van der Waals surface area contributed by atoms with Gasteiger partial charge in [-0.15, -0.1) is 4.33 Å². The van der Waals surface area contributed by atoms with E-state index < -0.39 is 68.0 Å². The monoisotopic (exact) mass is 1560 g/mol. The molecule has 0 saturated heterocycles. The first-order valence-corrected chi connectivity index (χ1v) is 37.0. The third-order valence-electron chi connectivity index (χ3n) is 17.0. The number of allylic oxidation sites excluding steroid dienone is 6. The summed E-state index contributed by atoms with van der Waals surface area (Å²) < 4.78 is 184. The molecule has 24 nitrogen and oxygen atoms in total. The number of hydrogen-bond acceptors (Lipinski definition) is 22. The predicted octanol–water partition coefficient (Wildman–Crippen LogP) is 13.0. The van der Waals surface area contributed by atoms with Crippen LogP contribution in [0.2, 0.25) is 0 Å². The molecule has 0 saturated carbocycles. The lowest BCUT2D eigenvalue weighted by molar-refractivity contribution is -0.500. The lowest BCUT2D eigenvalue weighted by Crippen LogP contribution is -2.56. The number of carboxylic acids is 1. The summed E-state index contributed by atoms with van der Waals surface area (Å²) in [7, 11) is 0. The minimum Gasteiger partial charge on any atom is -0.481 e. The number of amides is 1. The van der Waals surface area contributed by atoms with Crippen molar-refractivity contribution < 1.29 is 140 Å². The van der Waals surface area contributed by atoms with E-state index in [9.17, 15) is 54.3 Å². The SMILES string of the molecule is CCN(CC)C(=O)C(F)(F)OC(F)(F)C(F)(F)OC(F)(F)C(=O)CCCOCCOCCOCCOCCOCCOCCOCCOCCOCCOCCOCCCC(=O)CCCCCN1\C(=C/C=C/C=C/C2=[N+](CCCCCC(=O)O)c3ccc(SOOO)cc3C2(C)C)C(C)(C)c2cc(C)ccc21. The van der Waals surface area contributed by atoms with Crippen LogP contribution in [-0.2, 0) is 101 Å². The van der Waals surface area contributed by atoms with Gasteiger partial charge in [-0.1, -0.05) is 61.2 Å². The molecule has 2 aromatic carbocycles. The van der Waals surface area contributed by atoms with Crippen LogP contribution in [0.3, 0.4) is 0 Å². The number of halogens is 8. The van der Waals surface area contributed by atoms with Crippen LogP contribution < -0.4 is 4.90 Å². The number of likely N-dealkylation sites (N-methyl/N-ethyl adjacent to an activating group) is 1. The van der Waals surface area contributed by atoms with Crippen LogP contribution in [0.4, 0.5) is 46.5 Å². The first-order chi connectivity index (χ1) is 51.1. The van der Waals surface area contributed by atoms with Gasteiger partial charge in [0.05, 0.1) is 150 Å². The Morgan fingerprint density at radius 2 is 0.981 bits per heavy atom. The van der Waals surface area contributed by atoms with Crippen LogP contribution in [0.5, 0.6) is 0 Å². The number of nitrogens with zero attached hydrogens (tertiary/aromatic N) is 3. The zero-order chi connectivity index (χ0) is 78.6. The Balaban J connectivity index is 0.908. The Bertz CT molecular complexity index is 3070. The number of carboxylic acid groups (broad SMARTS) is 1. The average Bonchev–Trinajstić information content (AvgIpc) is 1.55. The normalized spacial score (nSPS) is 14.9. The Kier molecular flexibility index (Phi) is 44.3. The molecular weight excluding hydrogens is 1450 g/mol. The summed E-state index contributed by atoms with van der Waals surface area (Å²) in [6.45, 7) is 20.6. The zero-order valence-electron chi connectivity index (χ0n) is 62.6. The maximum atomic E-state index is 14.0. The largest absolute Gasteiger partial charge is 0.481 e. The van der Waals surface area contributed by atoms with Crippen molar-refractivity contribution in [3.05, 3.63) is 89.2 Å². The van der Waals surface area contributed by atoms with Crippen molar-refractivity contribution in [1.82, 2.24) is 4.90 Å². The molecule has 0 spiro atoms. The second-order valence-electron chi connectivity index (χ2n) is 25.8. The molecular formula is C74H110F8N3O21S+. The molecule has 2 N–H and O–H groups in total. The molecule has 0 bridgehead atoms. The van der Waals surface area contributed by atoms with E-state index in [0.29, 0.717) is 125 Å². The molecule has 608 valence electrons. The van der Waals surface area contributed by atoms with E-state index in [1.165, 1.54) is 36.4 Å². The fourth-order valence-electron chi connectivity index (χ4n) is 11.4. The van der Waals surface area contributed by atoms with Crippen molar-refractivity contribution in [2.24, 2.45) is 0 Å². The number of benzene rings is 2. The quantitative estimate of drug-likeness (QED) is 0.0119. The van der Waals surface area contributed by atoms with E-state index in [1.54, 1.807) is 0 Å². The molecule has 0 radical (unpaired) electrons. The van der Waals surface area contributed by atoms with Gasteiger partial charge in [-0.3, -0.25) is 19.2 Å². The second-order valence-corrected chi connectivity index (χ2v) is 26.6. The van der Waals surface area contributed by atoms with Gasteiger partial charge in [0.2, 0.25) is 11.5 Å². The molecule has 107 heavy (non-hydrogen) atoms. The third-order valence-corrected chi connectivity index (χ3v) is 17.6. The van der Waals surface area contributed by atoms with Gasteiger partial charge in [-0.25, -0.2) is 14.7 Å². The molecule has 0 aliphatic carbocycles. The summed E-state index contributed by atoms with van der Waals surface area (Å²) in [4.78, 5) is 50.9. The molecule has 2 heterocycles. The summed E-state index contributed by atoms with van der Waals surface area (Å²) in [5.41, 5.74) is 7.65. The Labute approximate surface area is 626 Å². The smallest absolute Gasteiger partial charge is 0.453 e. The van der Waals surface area contributed by atoms with Gasteiger partial charge in [-0.05, 0) is 103 Å². The topological polar surface area (TPSA) is 257 Å². The Morgan fingerprint density at radius 1 is 0.523 bits per heavy atom. The van der Waals surface area contributed by atoms with Gasteiger partial charge in [0.1, 0.15) is 12.3 Å². The predicted molar refractivity (Wildman–Crippen MR) is 380 cm³/mol. The molecule has 0 unspecified atom stereocenters. The van der Waals surface area contributed by atoms with E-state index in [4.69, 9.17) is 66.8 Å². The van der Waals surface area contributed by atoms with Crippen LogP contribution in [0.25, 0.3) is 0 Å². The van der Waals surface area contributed by atoms with E-state index in [2.05, 4.69) is 107 Å². The van der Waals surface area contributed by atoms with Crippen molar-refractivity contribution in [2.45, 2.75) is 166 Å². The Hall–Kier alpha value is -5.44. The summed E-state index contributed by atoms with van der Waals surface area (Å²) in [6, 6.07) is 12.7. The van der Waals surface area contributed by atoms with Crippen molar-refractivity contribution >= 4 is 52.6 Å². The van der Waals surface area contributed by atoms with E-state index in [0.717, 1.165) is 79.1 Å². The van der Waals surface area contributed by atoms with Crippen molar-refractivity contribution in [1.29, 1.82) is 0 Å². The molecule has 2 aliphatic heterocycles. The molecule has 0 atom stereocenters. The molecule has 0 aromatic heterocycles. The van der Waals surface area contributed by atoms with Crippen molar-refractivity contribution in [3.63, 3.8) is 0 Å². The highest BCUT2D eigenvalue weighted by atomic mass is 32.2. The number of carbonyl (C=O) groups excluding carboxylic acids is 3. The number of aliphatic carboxylic acids is 1. The minimum absolute atomic E-state index is 0.0287.